The molecule has 0 bridgehead atoms. The van der Waals surface area contributed by atoms with E-state index in [0.717, 1.165) is 42.4 Å². The maximum atomic E-state index is 6.20. The minimum absolute atomic E-state index is 0.00332. The van der Waals surface area contributed by atoms with Crippen LogP contribution in [0.15, 0.2) is 29.3 Å². The summed E-state index contributed by atoms with van der Waals surface area (Å²) in [6.45, 7) is 2.82. The van der Waals surface area contributed by atoms with Gasteiger partial charge < -0.3 is 10.1 Å². The smallest absolute Gasteiger partial charge is 0.187 e. The fraction of sp³-hybridized carbons (Fsp3) is 0.500. The van der Waals surface area contributed by atoms with Crippen molar-refractivity contribution in [1.29, 1.82) is 0 Å². The van der Waals surface area contributed by atoms with Crippen LogP contribution < -0.4 is 5.32 Å². The molecule has 1 unspecified atom stereocenters. The van der Waals surface area contributed by atoms with Crippen LogP contribution in [0.1, 0.15) is 24.5 Å². The number of benzene rings is 1. The van der Waals surface area contributed by atoms with E-state index in [0.29, 0.717) is 12.5 Å². The van der Waals surface area contributed by atoms with Crippen molar-refractivity contribution in [3.05, 3.63) is 34.9 Å². The minimum Gasteiger partial charge on any atom is -0.471 e. The van der Waals surface area contributed by atoms with Gasteiger partial charge in [0.2, 0.25) is 0 Å². The third-order valence-electron chi connectivity index (χ3n) is 3.62. The van der Waals surface area contributed by atoms with Crippen molar-refractivity contribution in [3.63, 3.8) is 0 Å². The van der Waals surface area contributed by atoms with Crippen molar-refractivity contribution in [2.45, 2.75) is 18.9 Å². The number of nitrogens with one attached hydrogen (secondary N) is 1. The second-order valence-corrected chi connectivity index (χ2v) is 5.24. The van der Waals surface area contributed by atoms with E-state index in [1.165, 1.54) is 0 Å². The number of rotatable bonds is 2. The first-order valence-corrected chi connectivity index (χ1v) is 6.88. The molecule has 4 heteroatoms. The number of nitrogens with zero attached hydrogens (tertiary/aromatic N) is 1. The second-order valence-electron chi connectivity index (χ2n) is 4.83. The number of ether oxygens (including phenoxy) is 1. The summed E-state index contributed by atoms with van der Waals surface area (Å²) in [6, 6.07) is 7.86. The predicted octanol–water partition coefficient (Wildman–Crippen LogP) is 2.81. The SMILES string of the molecule is Clc1ccccc1C1CN=C(C2CCNCC2)O1. The maximum absolute atomic E-state index is 6.20. The van der Waals surface area contributed by atoms with Gasteiger partial charge in [0.1, 0.15) is 6.10 Å². The second kappa shape index (κ2) is 5.29. The molecule has 18 heavy (non-hydrogen) atoms. The van der Waals surface area contributed by atoms with Gasteiger partial charge in [-0.3, -0.25) is 4.99 Å². The summed E-state index contributed by atoms with van der Waals surface area (Å²) in [6.07, 6.45) is 2.24. The molecule has 1 N–H and O–H groups in total. The summed E-state index contributed by atoms with van der Waals surface area (Å²) < 4.78 is 6.01. The largest absolute Gasteiger partial charge is 0.471 e. The molecule has 0 amide bonds. The van der Waals surface area contributed by atoms with Crippen molar-refractivity contribution in [3.8, 4) is 0 Å². The van der Waals surface area contributed by atoms with E-state index in [1.807, 2.05) is 24.3 Å². The van der Waals surface area contributed by atoms with Gasteiger partial charge in [-0.15, -0.1) is 0 Å². The Morgan fingerprint density at radius 1 is 1.22 bits per heavy atom. The van der Waals surface area contributed by atoms with Crippen LogP contribution in [-0.4, -0.2) is 25.5 Å². The zero-order valence-electron chi connectivity index (χ0n) is 10.2. The van der Waals surface area contributed by atoms with Crippen LogP contribution in [0.4, 0.5) is 0 Å². The average molecular weight is 265 g/mol. The molecular weight excluding hydrogens is 248 g/mol. The van der Waals surface area contributed by atoms with E-state index < -0.39 is 0 Å². The van der Waals surface area contributed by atoms with Gasteiger partial charge in [0.05, 0.1) is 6.54 Å². The van der Waals surface area contributed by atoms with Crippen molar-refractivity contribution in [2.24, 2.45) is 10.9 Å². The number of piperidine rings is 1. The van der Waals surface area contributed by atoms with E-state index >= 15 is 0 Å². The quantitative estimate of drug-likeness (QED) is 0.891. The molecule has 96 valence electrons. The Balaban J connectivity index is 1.68. The first kappa shape index (κ1) is 12.0. The summed E-state index contributed by atoms with van der Waals surface area (Å²) in [5.74, 6) is 1.42. The van der Waals surface area contributed by atoms with Gasteiger partial charge in [0.15, 0.2) is 5.90 Å². The summed E-state index contributed by atoms with van der Waals surface area (Å²) in [4.78, 5) is 4.57. The molecule has 3 nitrogen and oxygen atoms in total. The molecule has 2 aliphatic heterocycles. The Morgan fingerprint density at radius 2 is 2.00 bits per heavy atom. The van der Waals surface area contributed by atoms with Crippen LogP contribution in [0.2, 0.25) is 5.02 Å². The highest BCUT2D eigenvalue weighted by molar-refractivity contribution is 6.31. The zero-order chi connectivity index (χ0) is 12.4. The molecule has 1 saturated heterocycles. The molecule has 1 fully saturated rings. The van der Waals surface area contributed by atoms with E-state index in [4.69, 9.17) is 16.3 Å². The molecule has 0 aliphatic carbocycles. The maximum Gasteiger partial charge on any atom is 0.187 e. The van der Waals surface area contributed by atoms with Crippen LogP contribution in [0.25, 0.3) is 0 Å². The third kappa shape index (κ3) is 2.38. The fourth-order valence-corrected chi connectivity index (χ4v) is 2.84. The lowest BCUT2D eigenvalue weighted by Crippen LogP contribution is -2.32. The lowest BCUT2D eigenvalue weighted by Gasteiger charge is -2.23. The number of aliphatic imine (C=N–C) groups is 1. The Bertz CT molecular complexity index is 455. The third-order valence-corrected chi connectivity index (χ3v) is 3.96. The van der Waals surface area contributed by atoms with E-state index in [1.54, 1.807) is 0 Å². The first-order chi connectivity index (χ1) is 8.84. The summed E-state index contributed by atoms with van der Waals surface area (Å²) in [5.41, 5.74) is 1.05. The van der Waals surface area contributed by atoms with Gasteiger partial charge in [-0.05, 0) is 32.0 Å². The number of hydrogen-bond acceptors (Lipinski definition) is 3. The molecule has 2 heterocycles. The Kier molecular flexibility index (Phi) is 3.52. The minimum atomic E-state index is 0.00332. The van der Waals surface area contributed by atoms with Crippen LogP contribution in [0, 0.1) is 5.92 Å². The average Bonchev–Trinajstić information content (AvgIpc) is 2.90. The number of hydrogen-bond donors (Lipinski definition) is 1. The summed E-state index contributed by atoms with van der Waals surface area (Å²) in [5, 5.41) is 4.13. The fourth-order valence-electron chi connectivity index (χ4n) is 2.59. The van der Waals surface area contributed by atoms with Gasteiger partial charge in [-0.1, -0.05) is 29.8 Å². The standard InChI is InChI=1S/C14H17ClN2O/c15-12-4-2-1-3-11(12)13-9-17-14(18-13)10-5-7-16-8-6-10/h1-4,10,13,16H,5-9H2. The molecule has 2 aliphatic rings. The lowest BCUT2D eigenvalue weighted by atomic mass is 9.98. The highest BCUT2D eigenvalue weighted by Gasteiger charge is 2.29. The van der Waals surface area contributed by atoms with Crippen LogP contribution in [0.3, 0.4) is 0 Å². The normalized spacial score (nSPS) is 24.7. The van der Waals surface area contributed by atoms with E-state index in [2.05, 4.69) is 10.3 Å². The Hall–Kier alpha value is -1.06. The van der Waals surface area contributed by atoms with Crippen molar-refractivity contribution in [1.82, 2.24) is 5.32 Å². The highest BCUT2D eigenvalue weighted by atomic mass is 35.5. The molecule has 0 saturated carbocycles. The number of halogens is 1. The Labute approximate surface area is 112 Å². The summed E-state index contributed by atoms with van der Waals surface area (Å²) >= 11 is 6.20. The van der Waals surface area contributed by atoms with Crippen LogP contribution >= 0.6 is 11.6 Å². The van der Waals surface area contributed by atoms with Gasteiger partial charge in [0.25, 0.3) is 0 Å². The van der Waals surface area contributed by atoms with Gasteiger partial charge in [0, 0.05) is 16.5 Å². The molecule has 1 aromatic rings. The summed E-state index contributed by atoms with van der Waals surface area (Å²) in [7, 11) is 0. The molecule has 1 atom stereocenters. The zero-order valence-corrected chi connectivity index (χ0v) is 11.0. The van der Waals surface area contributed by atoms with E-state index in [9.17, 15) is 0 Å². The van der Waals surface area contributed by atoms with Gasteiger partial charge in [-0.25, -0.2) is 0 Å². The molecule has 0 radical (unpaired) electrons. The molecule has 3 rings (SSSR count). The first-order valence-electron chi connectivity index (χ1n) is 6.51. The molecular formula is C14H17ClN2O. The van der Waals surface area contributed by atoms with Crippen molar-refractivity contribution in [2.75, 3.05) is 19.6 Å². The van der Waals surface area contributed by atoms with E-state index in [-0.39, 0.29) is 6.10 Å². The van der Waals surface area contributed by atoms with Crippen LogP contribution in [-0.2, 0) is 4.74 Å². The van der Waals surface area contributed by atoms with Crippen LogP contribution in [0.5, 0.6) is 0 Å². The molecule has 1 aromatic carbocycles. The molecule has 0 aromatic heterocycles. The van der Waals surface area contributed by atoms with Crippen molar-refractivity contribution >= 4 is 17.5 Å². The Morgan fingerprint density at radius 3 is 2.78 bits per heavy atom. The monoisotopic (exact) mass is 264 g/mol. The van der Waals surface area contributed by atoms with Gasteiger partial charge >= 0.3 is 0 Å². The molecule has 0 spiro atoms. The topological polar surface area (TPSA) is 33.6 Å². The predicted molar refractivity (Wildman–Crippen MR) is 73.2 cm³/mol. The van der Waals surface area contributed by atoms with Crippen molar-refractivity contribution < 1.29 is 4.74 Å². The van der Waals surface area contributed by atoms with Gasteiger partial charge in [-0.2, -0.15) is 0 Å². The lowest BCUT2D eigenvalue weighted by molar-refractivity contribution is 0.208. The highest BCUT2D eigenvalue weighted by Crippen LogP contribution is 2.31.